The van der Waals surface area contributed by atoms with E-state index in [1.165, 1.54) is 31.4 Å². The SMILES string of the molecule is CCNC(=NCCC(=O)NC1CCCCC1)N(C)Cc1ccc(F)cc1.I. The smallest absolute Gasteiger partial charge is 0.222 e. The van der Waals surface area contributed by atoms with Crippen LogP contribution in [-0.2, 0) is 11.3 Å². The van der Waals surface area contributed by atoms with Crippen molar-refractivity contribution in [2.75, 3.05) is 20.1 Å². The third-order valence-corrected chi connectivity index (χ3v) is 4.60. The van der Waals surface area contributed by atoms with Gasteiger partial charge in [-0.2, -0.15) is 0 Å². The number of hydrogen-bond donors (Lipinski definition) is 2. The summed E-state index contributed by atoms with van der Waals surface area (Å²) in [6.07, 6.45) is 6.29. The summed E-state index contributed by atoms with van der Waals surface area (Å²) >= 11 is 0. The van der Waals surface area contributed by atoms with Crippen molar-refractivity contribution in [1.29, 1.82) is 0 Å². The lowest BCUT2D eigenvalue weighted by Gasteiger charge is -2.23. The molecule has 0 saturated heterocycles. The molecule has 5 nitrogen and oxygen atoms in total. The number of guanidine groups is 1. The monoisotopic (exact) mass is 490 g/mol. The van der Waals surface area contributed by atoms with Gasteiger partial charge in [0.05, 0.1) is 6.54 Å². The van der Waals surface area contributed by atoms with E-state index in [1.807, 2.05) is 18.9 Å². The Labute approximate surface area is 179 Å². The first kappa shape index (κ1) is 23.7. The molecule has 2 rings (SSSR count). The van der Waals surface area contributed by atoms with Crippen LogP contribution in [0.15, 0.2) is 29.3 Å². The van der Waals surface area contributed by atoms with Crippen molar-refractivity contribution in [2.24, 2.45) is 4.99 Å². The molecule has 0 aromatic heterocycles. The van der Waals surface area contributed by atoms with Crippen LogP contribution in [-0.4, -0.2) is 42.9 Å². The summed E-state index contributed by atoms with van der Waals surface area (Å²) in [6, 6.07) is 6.81. The average Bonchev–Trinajstić information content (AvgIpc) is 2.63. The zero-order chi connectivity index (χ0) is 18.8. The Morgan fingerprint density at radius 1 is 1.22 bits per heavy atom. The largest absolute Gasteiger partial charge is 0.357 e. The van der Waals surface area contributed by atoms with Gasteiger partial charge in [0.15, 0.2) is 5.96 Å². The third kappa shape index (κ3) is 8.90. The highest BCUT2D eigenvalue weighted by molar-refractivity contribution is 14.0. The maximum atomic E-state index is 13.0. The lowest BCUT2D eigenvalue weighted by molar-refractivity contribution is -0.121. The molecule has 1 fully saturated rings. The number of hydrogen-bond acceptors (Lipinski definition) is 2. The van der Waals surface area contributed by atoms with E-state index >= 15 is 0 Å². The Morgan fingerprint density at radius 3 is 2.52 bits per heavy atom. The zero-order valence-electron chi connectivity index (χ0n) is 16.3. The van der Waals surface area contributed by atoms with Gasteiger partial charge in [-0.15, -0.1) is 24.0 Å². The number of halogens is 2. The molecule has 0 unspecified atom stereocenters. The van der Waals surface area contributed by atoms with Gasteiger partial charge >= 0.3 is 0 Å². The van der Waals surface area contributed by atoms with Gasteiger partial charge in [0.1, 0.15) is 5.82 Å². The van der Waals surface area contributed by atoms with Crippen LogP contribution in [0.4, 0.5) is 4.39 Å². The van der Waals surface area contributed by atoms with E-state index in [0.29, 0.717) is 25.6 Å². The highest BCUT2D eigenvalue weighted by atomic mass is 127. The highest BCUT2D eigenvalue weighted by Crippen LogP contribution is 2.17. The zero-order valence-corrected chi connectivity index (χ0v) is 18.7. The summed E-state index contributed by atoms with van der Waals surface area (Å²) in [5.74, 6) is 0.598. The molecule has 0 spiro atoms. The molecule has 1 aliphatic carbocycles. The van der Waals surface area contributed by atoms with Crippen LogP contribution in [0.5, 0.6) is 0 Å². The summed E-state index contributed by atoms with van der Waals surface area (Å²) in [7, 11) is 1.94. The van der Waals surface area contributed by atoms with Gasteiger partial charge in [-0.05, 0) is 37.5 Å². The summed E-state index contributed by atoms with van der Waals surface area (Å²) in [5, 5.41) is 6.36. The van der Waals surface area contributed by atoms with Crippen molar-refractivity contribution in [3.8, 4) is 0 Å². The van der Waals surface area contributed by atoms with Crippen molar-refractivity contribution in [1.82, 2.24) is 15.5 Å². The number of benzene rings is 1. The van der Waals surface area contributed by atoms with Gasteiger partial charge in [-0.1, -0.05) is 31.4 Å². The second kappa shape index (κ2) is 12.9. The third-order valence-electron chi connectivity index (χ3n) is 4.60. The molecule has 27 heavy (non-hydrogen) atoms. The first-order valence-corrected chi connectivity index (χ1v) is 9.61. The van der Waals surface area contributed by atoms with E-state index in [0.717, 1.165) is 30.9 Å². The molecule has 0 heterocycles. The summed E-state index contributed by atoms with van der Waals surface area (Å²) in [4.78, 5) is 18.6. The molecule has 1 aromatic carbocycles. The molecule has 1 saturated carbocycles. The van der Waals surface area contributed by atoms with Crippen LogP contribution in [0, 0.1) is 5.82 Å². The maximum Gasteiger partial charge on any atom is 0.222 e. The summed E-state index contributed by atoms with van der Waals surface area (Å²) in [5.41, 5.74) is 1.01. The molecule has 0 aliphatic heterocycles. The Hall–Kier alpha value is -1.38. The number of aliphatic imine (C=N–C) groups is 1. The molecular weight excluding hydrogens is 458 g/mol. The second-order valence-electron chi connectivity index (χ2n) is 6.87. The van der Waals surface area contributed by atoms with E-state index in [-0.39, 0.29) is 35.7 Å². The minimum Gasteiger partial charge on any atom is -0.357 e. The van der Waals surface area contributed by atoms with Crippen molar-refractivity contribution in [3.63, 3.8) is 0 Å². The standard InChI is InChI=1S/C20H31FN4O.HI/c1-3-22-20(25(2)15-16-9-11-17(21)12-10-16)23-14-13-19(26)24-18-7-5-4-6-8-18;/h9-12,18H,3-8,13-15H2,1-2H3,(H,22,23)(H,24,26);1H. The Bertz CT molecular complexity index is 588. The number of amides is 1. The predicted octanol–water partition coefficient (Wildman–Crippen LogP) is 3.68. The van der Waals surface area contributed by atoms with E-state index in [4.69, 9.17) is 0 Å². The Morgan fingerprint density at radius 2 is 1.89 bits per heavy atom. The fourth-order valence-electron chi connectivity index (χ4n) is 3.22. The minimum atomic E-state index is -0.235. The molecule has 1 amide bonds. The van der Waals surface area contributed by atoms with Crippen LogP contribution >= 0.6 is 24.0 Å². The summed E-state index contributed by atoms with van der Waals surface area (Å²) in [6.45, 7) is 3.84. The van der Waals surface area contributed by atoms with Gasteiger partial charge < -0.3 is 15.5 Å². The number of nitrogens with one attached hydrogen (secondary N) is 2. The van der Waals surface area contributed by atoms with Crippen LogP contribution in [0.2, 0.25) is 0 Å². The fourth-order valence-corrected chi connectivity index (χ4v) is 3.22. The second-order valence-corrected chi connectivity index (χ2v) is 6.87. The van der Waals surface area contributed by atoms with E-state index in [9.17, 15) is 9.18 Å². The number of carbonyl (C=O) groups is 1. The number of rotatable bonds is 7. The molecule has 0 bridgehead atoms. The Kier molecular flexibility index (Phi) is 11.3. The molecule has 152 valence electrons. The molecule has 7 heteroatoms. The topological polar surface area (TPSA) is 56.7 Å². The predicted molar refractivity (Wildman–Crippen MR) is 119 cm³/mol. The van der Waals surface area contributed by atoms with Crippen molar-refractivity contribution >= 4 is 35.8 Å². The first-order chi connectivity index (χ1) is 12.6. The van der Waals surface area contributed by atoms with Crippen molar-refractivity contribution < 1.29 is 9.18 Å². The van der Waals surface area contributed by atoms with Crippen LogP contribution < -0.4 is 10.6 Å². The molecule has 1 aromatic rings. The van der Waals surface area contributed by atoms with Crippen LogP contribution in [0.25, 0.3) is 0 Å². The highest BCUT2D eigenvalue weighted by Gasteiger charge is 2.15. The fraction of sp³-hybridized carbons (Fsp3) is 0.600. The van der Waals surface area contributed by atoms with E-state index in [1.54, 1.807) is 12.1 Å². The van der Waals surface area contributed by atoms with Crippen molar-refractivity contribution in [3.05, 3.63) is 35.6 Å². The molecule has 0 radical (unpaired) electrons. The average molecular weight is 490 g/mol. The van der Waals surface area contributed by atoms with Gasteiger partial charge in [0.25, 0.3) is 0 Å². The van der Waals surface area contributed by atoms with Crippen LogP contribution in [0.3, 0.4) is 0 Å². The quantitative estimate of drug-likeness (QED) is 0.349. The van der Waals surface area contributed by atoms with E-state index < -0.39 is 0 Å². The summed E-state index contributed by atoms with van der Waals surface area (Å²) < 4.78 is 13.0. The number of carbonyl (C=O) groups excluding carboxylic acids is 1. The van der Waals surface area contributed by atoms with Gasteiger partial charge in [-0.25, -0.2) is 4.39 Å². The Balaban J connectivity index is 0.00000364. The molecule has 2 N–H and O–H groups in total. The lowest BCUT2D eigenvalue weighted by atomic mass is 9.95. The van der Waals surface area contributed by atoms with Gasteiger partial charge in [0, 0.05) is 32.6 Å². The first-order valence-electron chi connectivity index (χ1n) is 9.61. The van der Waals surface area contributed by atoms with Gasteiger partial charge in [0.2, 0.25) is 5.91 Å². The van der Waals surface area contributed by atoms with Gasteiger partial charge in [-0.3, -0.25) is 9.79 Å². The molecule has 1 aliphatic rings. The molecule has 0 atom stereocenters. The van der Waals surface area contributed by atoms with Crippen LogP contribution in [0.1, 0.15) is 51.0 Å². The normalized spacial score (nSPS) is 15.0. The number of nitrogens with zero attached hydrogens (tertiary/aromatic N) is 2. The van der Waals surface area contributed by atoms with Crippen molar-refractivity contribution in [2.45, 2.75) is 58.0 Å². The minimum absolute atomic E-state index is 0. The maximum absolute atomic E-state index is 13.0. The lowest BCUT2D eigenvalue weighted by Crippen LogP contribution is -2.39. The van der Waals surface area contributed by atoms with E-state index in [2.05, 4.69) is 15.6 Å². The molecular formula is C20H32FIN4O.